The Labute approximate surface area is 177 Å². The molecule has 148 valence electrons. The predicted molar refractivity (Wildman–Crippen MR) is 119 cm³/mol. The second-order valence-electron chi connectivity index (χ2n) is 6.57. The van der Waals surface area contributed by atoms with Crippen molar-refractivity contribution in [1.82, 2.24) is 20.4 Å². The molecule has 0 spiro atoms. The highest BCUT2D eigenvalue weighted by molar-refractivity contribution is 14.0. The van der Waals surface area contributed by atoms with Crippen LogP contribution >= 0.6 is 24.0 Å². The molecule has 1 aliphatic rings. The lowest BCUT2D eigenvalue weighted by molar-refractivity contribution is 0.599. The number of benzene rings is 1. The van der Waals surface area contributed by atoms with Gasteiger partial charge in [0.1, 0.15) is 0 Å². The van der Waals surface area contributed by atoms with Crippen molar-refractivity contribution in [1.29, 1.82) is 0 Å². The molecule has 0 saturated carbocycles. The van der Waals surface area contributed by atoms with Gasteiger partial charge in [-0.05, 0) is 32.4 Å². The van der Waals surface area contributed by atoms with Gasteiger partial charge in [0, 0.05) is 30.9 Å². The van der Waals surface area contributed by atoms with Crippen LogP contribution in [0.4, 0.5) is 0 Å². The third kappa shape index (κ3) is 5.22. The highest BCUT2D eigenvalue weighted by atomic mass is 127. The average Bonchev–Trinajstić information content (AvgIpc) is 3.11. The fraction of sp³-hybridized carbons (Fsp3) is 0.444. The van der Waals surface area contributed by atoms with Crippen LogP contribution in [0.25, 0.3) is 5.69 Å². The first-order valence-corrected chi connectivity index (χ1v) is 10.5. The number of halogens is 1. The lowest BCUT2D eigenvalue weighted by Gasteiger charge is -2.16. The van der Waals surface area contributed by atoms with Gasteiger partial charge in [-0.2, -0.15) is 5.10 Å². The van der Waals surface area contributed by atoms with Crippen LogP contribution in [-0.2, 0) is 16.4 Å². The molecule has 2 aromatic rings. The van der Waals surface area contributed by atoms with E-state index in [0.717, 1.165) is 22.6 Å². The smallest absolute Gasteiger partial charge is 0.191 e. The van der Waals surface area contributed by atoms with Gasteiger partial charge in [0.05, 0.1) is 22.9 Å². The second kappa shape index (κ2) is 9.05. The Balaban J connectivity index is 0.00000261. The molecule has 2 N–H and O–H groups in total. The second-order valence-corrected chi connectivity index (χ2v) is 8.80. The van der Waals surface area contributed by atoms with Crippen LogP contribution in [-0.4, -0.2) is 48.8 Å². The number of hydrogen-bond donors (Lipinski definition) is 2. The summed E-state index contributed by atoms with van der Waals surface area (Å²) < 4.78 is 25.1. The Morgan fingerprint density at radius 2 is 2.00 bits per heavy atom. The van der Waals surface area contributed by atoms with Crippen molar-refractivity contribution in [3.05, 3.63) is 47.3 Å². The molecular formula is C18H26IN5O2S. The van der Waals surface area contributed by atoms with E-state index in [2.05, 4.69) is 20.7 Å². The molecule has 27 heavy (non-hydrogen) atoms. The van der Waals surface area contributed by atoms with Crippen LogP contribution in [0.2, 0.25) is 0 Å². The summed E-state index contributed by atoms with van der Waals surface area (Å²) in [6, 6.07) is 9.93. The molecule has 9 heteroatoms. The Morgan fingerprint density at radius 3 is 2.59 bits per heavy atom. The first-order valence-electron chi connectivity index (χ1n) is 8.68. The van der Waals surface area contributed by atoms with Gasteiger partial charge in [0.2, 0.25) is 0 Å². The van der Waals surface area contributed by atoms with Crippen molar-refractivity contribution in [3.8, 4) is 5.69 Å². The standard InChI is InChI=1S/C18H25N5O2S.HI/c1-13-17(14(2)23(22-13)16-7-5-4-6-8-16)11-20-18(19-3)21-15-9-10-26(24,25)12-15;/h4-8,15H,9-12H2,1-3H3,(H2,19,20,21);1H. The molecule has 1 unspecified atom stereocenters. The minimum absolute atomic E-state index is 0. The molecule has 1 saturated heterocycles. The zero-order valence-corrected chi connectivity index (χ0v) is 18.9. The van der Waals surface area contributed by atoms with E-state index < -0.39 is 9.84 Å². The van der Waals surface area contributed by atoms with Gasteiger partial charge >= 0.3 is 0 Å². The van der Waals surface area contributed by atoms with E-state index in [0.29, 0.717) is 18.9 Å². The maximum atomic E-state index is 11.6. The predicted octanol–water partition coefficient (Wildman–Crippen LogP) is 1.96. The van der Waals surface area contributed by atoms with E-state index >= 15 is 0 Å². The molecular weight excluding hydrogens is 477 g/mol. The molecule has 0 bridgehead atoms. The summed E-state index contributed by atoms with van der Waals surface area (Å²) in [4.78, 5) is 4.21. The first-order chi connectivity index (χ1) is 12.4. The van der Waals surface area contributed by atoms with E-state index in [9.17, 15) is 8.42 Å². The summed E-state index contributed by atoms with van der Waals surface area (Å²) >= 11 is 0. The van der Waals surface area contributed by atoms with E-state index in [1.54, 1.807) is 7.05 Å². The van der Waals surface area contributed by atoms with Gasteiger partial charge in [0.25, 0.3) is 0 Å². The maximum absolute atomic E-state index is 11.6. The van der Waals surface area contributed by atoms with Crippen LogP contribution in [0, 0.1) is 13.8 Å². The summed E-state index contributed by atoms with van der Waals surface area (Å²) in [5.74, 6) is 1.01. The Bertz CT molecular complexity index is 909. The summed E-state index contributed by atoms with van der Waals surface area (Å²) in [5.41, 5.74) is 4.16. The van der Waals surface area contributed by atoms with Gasteiger partial charge < -0.3 is 10.6 Å². The highest BCUT2D eigenvalue weighted by Crippen LogP contribution is 2.17. The fourth-order valence-corrected chi connectivity index (χ4v) is 4.89. The number of guanidine groups is 1. The van der Waals surface area contributed by atoms with Crippen molar-refractivity contribution in [2.24, 2.45) is 4.99 Å². The number of nitrogens with zero attached hydrogens (tertiary/aromatic N) is 3. The maximum Gasteiger partial charge on any atom is 0.191 e. The lowest BCUT2D eigenvalue weighted by atomic mass is 10.2. The van der Waals surface area contributed by atoms with Crippen molar-refractivity contribution in [2.45, 2.75) is 32.9 Å². The summed E-state index contributed by atoms with van der Waals surface area (Å²) in [7, 11) is -1.23. The zero-order chi connectivity index (χ0) is 18.7. The van der Waals surface area contributed by atoms with E-state index in [1.165, 1.54) is 0 Å². The van der Waals surface area contributed by atoms with Crippen molar-refractivity contribution < 1.29 is 8.42 Å². The van der Waals surface area contributed by atoms with E-state index in [4.69, 9.17) is 0 Å². The normalized spacial score (nSPS) is 18.8. The molecule has 7 nitrogen and oxygen atoms in total. The SMILES string of the molecule is CN=C(NCc1c(C)nn(-c2ccccc2)c1C)NC1CCS(=O)(=O)C1.I. The molecule has 1 aromatic carbocycles. The Morgan fingerprint density at radius 1 is 1.30 bits per heavy atom. The van der Waals surface area contributed by atoms with E-state index in [1.807, 2.05) is 48.9 Å². The molecule has 0 amide bonds. The van der Waals surface area contributed by atoms with Gasteiger partial charge in [0.15, 0.2) is 15.8 Å². The minimum atomic E-state index is -2.92. The molecule has 1 fully saturated rings. The summed E-state index contributed by atoms with van der Waals surface area (Å²) in [6.45, 7) is 4.61. The largest absolute Gasteiger partial charge is 0.353 e. The summed E-state index contributed by atoms with van der Waals surface area (Å²) in [5, 5.41) is 11.1. The van der Waals surface area contributed by atoms with Gasteiger partial charge in [-0.15, -0.1) is 24.0 Å². The van der Waals surface area contributed by atoms with Crippen LogP contribution in [0.1, 0.15) is 23.4 Å². The van der Waals surface area contributed by atoms with Crippen molar-refractivity contribution in [2.75, 3.05) is 18.6 Å². The molecule has 1 atom stereocenters. The molecule has 0 aliphatic carbocycles. The van der Waals surface area contributed by atoms with Crippen molar-refractivity contribution in [3.63, 3.8) is 0 Å². The van der Waals surface area contributed by atoms with Crippen LogP contribution in [0.5, 0.6) is 0 Å². The monoisotopic (exact) mass is 503 g/mol. The third-order valence-electron chi connectivity index (χ3n) is 4.67. The minimum Gasteiger partial charge on any atom is -0.353 e. The Kier molecular flexibility index (Phi) is 7.26. The molecule has 1 aliphatic heterocycles. The van der Waals surface area contributed by atoms with Gasteiger partial charge in [-0.25, -0.2) is 13.1 Å². The first kappa shape index (κ1) is 21.7. The number of sulfone groups is 1. The highest BCUT2D eigenvalue weighted by Gasteiger charge is 2.28. The Hall–Kier alpha value is -1.62. The number of aliphatic imine (C=N–C) groups is 1. The number of aryl methyl sites for hydroxylation is 1. The zero-order valence-electron chi connectivity index (χ0n) is 15.8. The van der Waals surface area contributed by atoms with Crippen LogP contribution < -0.4 is 10.6 Å². The number of aromatic nitrogens is 2. The molecule has 0 radical (unpaired) electrons. The lowest BCUT2D eigenvalue weighted by Crippen LogP contribution is -2.43. The van der Waals surface area contributed by atoms with E-state index in [-0.39, 0.29) is 41.5 Å². The van der Waals surface area contributed by atoms with Gasteiger partial charge in [-0.1, -0.05) is 18.2 Å². The quantitative estimate of drug-likeness (QED) is 0.379. The fourth-order valence-electron chi connectivity index (χ4n) is 3.22. The average molecular weight is 503 g/mol. The topological polar surface area (TPSA) is 88.4 Å². The number of para-hydroxylation sites is 1. The van der Waals surface area contributed by atoms with Crippen LogP contribution in [0.3, 0.4) is 0 Å². The molecule has 2 heterocycles. The number of rotatable bonds is 4. The molecule has 1 aromatic heterocycles. The van der Waals surface area contributed by atoms with Crippen LogP contribution in [0.15, 0.2) is 35.3 Å². The number of hydrogen-bond acceptors (Lipinski definition) is 4. The van der Waals surface area contributed by atoms with Gasteiger partial charge in [-0.3, -0.25) is 4.99 Å². The third-order valence-corrected chi connectivity index (χ3v) is 6.44. The molecule has 3 rings (SSSR count). The summed E-state index contributed by atoms with van der Waals surface area (Å²) in [6.07, 6.45) is 0.618. The number of nitrogens with one attached hydrogen (secondary N) is 2. The van der Waals surface area contributed by atoms with Crippen molar-refractivity contribution >= 4 is 39.8 Å².